The van der Waals surface area contributed by atoms with E-state index in [4.69, 9.17) is 4.74 Å². The molecule has 0 radical (unpaired) electrons. The second-order valence-electron chi connectivity index (χ2n) is 7.90. The predicted octanol–water partition coefficient (Wildman–Crippen LogP) is 4.45. The van der Waals surface area contributed by atoms with E-state index < -0.39 is 24.3 Å². The van der Waals surface area contributed by atoms with Gasteiger partial charge in [0.05, 0.1) is 12.0 Å². The van der Waals surface area contributed by atoms with E-state index in [0.717, 1.165) is 23.4 Å². The molecule has 0 fully saturated rings. The molecule has 35 heavy (non-hydrogen) atoms. The molecule has 1 amide bonds. The average molecular weight is 479 g/mol. The zero-order valence-electron chi connectivity index (χ0n) is 19.2. The number of ether oxygens (including phenoxy) is 1. The van der Waals surface area contributed by atoms with Crippen LogP contribution in [0.5, 0.6) is 0 Å². The van der Waals surface area contributed by atoms with Gasteiger partial charge < -0.3 is 14.6 Å². The van der Waals surface area contributed by atoms with Crippen molar-refractivity contribution in [1.82, 2.24) is 4.57 Å². The Kier molecular flexibility index (Phi) is 8.10. The molecule has 0 unspecified atom stereocenters. The zero-order valence-corrected chi connectivity index (χ0v) is 19.2. The van der Waals surface area contributed by atoms with E-state index in [2.05, 4.69) is 11.4 Å². The molecular weight excluding hydrogens is 456 g/mol. The Morgan fingerprint density at radius 1 is 0.971 bits per heavy atom. The zero-order chi connectivity index (χ0) is 25.5. The van der Waals surface area contributed by atoms with Crippen molar-refractivity contribution < 1.29 is 27.9 Å². The molecule has 0 aliphatic rings. The average Bonchev–Trinajstić information content (AvgIpc) is 3.06. The van der Waals surface area contributed by atoms with Gasteiger partial charge >= 0.3 is 5.97 Å². The SMILES string of the molecule is Cc1c(C#N)c(NC(=O)COC(=O)CCC(=O)c2ccc(F)cc2)n(Cc2ccc(F)cc2)c1C. The van der Waals surface area contributed by atoms with E-state index in [1.165, 1.54) is 24.3 Å². The Morgan fingerprint density at radius 3 is 2.17 bits per heavy atom. The van der Waals surface area contributed by atoms with Crippen LogP contribution in [0.4, 0.5) is 14.6 Å². The molecule has 2 aromatic carbocycles. The molecule has 3 aromatic rings. The smallest absolute Gasteiger partial charge is 0.306 e. The van der Waals surface area contributed by atoms with Crippen LogP contribution < -0.4 is 5.32 Å². The molecule has 0 aliphatic carbocycles. The Bertz CT molecular complexity index is 1290. The molecular formula is C26H23F2N3O4. The molecule has 7 nitrogen and oxygen atoms in total. The van der Waals surface area contributed by atoms with Gasteiger partial charge in [0.1, 0.15) is 23.5 Å². The highest BCUT2D eigenvalue weighted by Gasteiger charge is 2.20. The normalized spacial score (nSPS) is 10.5. The topological polar surface area (TPSA) is 101 Å². The minimum atomic E-state index is -0.745. The van der Waals surface area contributed by atoms with Gasteiger partial charge in [0.15, 0.2) is 12.4 Å². The van der Waals surface area contributed by atoms with Crippen molar-refractivity contribution in [3.63, 3.8) is 0 Å². The van der Waals surface area contributed by atoms with Crippen molar-refractivity contribution in [3.05, 3.63) is 88.1 Å². The van der Waals surface area contributed by atoms with Gasteiger partial charge in [-0.05, 0) is 61.4 Å². The minimum Gasteiger partial charge on any atom is -0.456 e. The maximum absolute atomic E-state index is 13.2. The summed E-state index contributed by atoms with van der Waals surface area (Å²) in [5.74, 6) is -2.35. The lowest BCUT2D eigenvalue weighted by Gasteiger charge is -2.13. The van der Waals surface area contributed by atoms with Gasteiger partial charge in [-0.3, -0.25) is 14.4 Å². The van der Waals surface area contributed by atoms with Crippen LogP contribution in [0, 0.1) is 36.8 Å². The molecule has 1 aromatic heterocycles. The summed E-state index contributed by atoms with van der Waals surface area (Å²) in [6, 6.07) is 12.9. The molecule has 3 rings (SSSR count). The van der Waals surface area contributed by atoms with Crippen molar-refractivity contribution in [2.75, 3.05) is 11.9 Å². The third kappa shape index (κ3) is 6.38. The first-order valence-corrected chi connectivity index (χ1v) is 10.8. The number of aromatic nitrogens is 1. The molecule has 0 bridgehead atoms. The van der Waals surface area contributed by atoms with Gasteiger partial charge in [-0.2, -0.15) is 5.26 Å². The number of benzene rings is 2. The summed E-state index contributed by atoms with van der Waals surface area (Å²) < 4.78 is 32.9. The lowest BCUT2D eigenvalue weighted by Crippen LogP contribution is -2.23. The molecule has 0 aliphatic heterocycles. The fourth-order valence-electron chi connectivity index (χ4n) is 3.48. The highest BCUT2D eigenvalue weighted by molar-refractivity contribution is 5.98. The quantitative estimate of drug-likeness (QED) is 0.361. The van der Waals surface area contributed by atoms with Crippen molar-refractivity contribution in [3.8, 4) is 6.07 Å². The van der Waals surface area contributed by atoms with E-state index in [1.54, 1.807) is 30.5 Å². The van der Waals surface area contributed by atoms with Gasteiger partial charge in [0, 0.05) is 24.2 Å². The second-order valence-corrected chi connectivity index (χ2v) is 7.90. The van der Waals surface area contributed by atoms with Crippen LogP contribution in [0.1, 0.15) is 45.6 Å². The summed E-state index contributed by atoms with van der Waals surface area (Å²) in [5.41, 5.74) is 2.74. The third-order valence-electron chi connectivity index (χ3n) is 5.54. The number of nitrogens with zero attached hydrogens (tertiary/aromatic N) is 2. The van der Waals surface area contributed by atoms with Gasteiger partial charge in [-0.1, -0.05) is 12.1 Å². The Balaban J connectivity index is 1.60. The number of carbonyl (C=O) groups is 3. The number of halogens is 2. The van der Waals surface area contributed by atoms with Crippen molar-refractivity contribution in [2.45, 2.75) is 33.2 Å². The summed E-state index contributed by atoms with van der Waals surface area (Å²) in [6.07, 6.45) is -0.393. The number of Topliss-reactive ketones (excluding diaryl/α,β-unsaturated/α-hetero) is 1. The number of rotatable bonds is 9. The maximum Gasteiger partial charge on any atom is 0.306 e. The summed E-state index contributed by atoms with van der Waals surface area (Å²) >= 11 is 0. The van der Waals surface area contributed by atoms with E-state index in [-0.39, 0.29) is 47.9 Å². The molecule has 0 spiro atoms. The highest BCUT2D eigenvalue weighted by atomic mass is 19.1. The second kappa shape index (κ2) is 11.2. The lowest BCUT2D eigenvalue weighted by atomic mass is 10.1. The van der Waals surface area contributed by atoms with Crippen LogP contribution in [0.3, 0.4) is 0 Å². The van der Waals surface area contributed by atoms with E-state index in [9.17, 15) is 28.4 Å². The van der Waals surface area contributed by atoms with E-state index in [1.807, 2.05) is 0 Å². The van der Waals surface area contributed by atoms with Gasteiger partial charge in [-0.25, -0.2) is 8.78 Å². The van der Waals surface area contributed by atoms with Crippen LogP contribution in [-0.2, 0) is 20.9 Å². The van der Waals surface area contributed by atoms with Gasteiger partial charge in [-0.15, -0.1) is 0 Å². The van der Waals surface area contributed by atoms with Crippen molar-refractivity contribution >= 4 is 23.5 Å². The summed E-state index contributed by atoms with van der Waals surface area (Å²) in [4.78, 5) is 36.6. The highest BCUT2D eigenvalue weighted by Crippen LogP contribution is 2.27. The Morgan fingerprint density at radius 2 is 1.57 bits per heavy atom. The van der Waals surface area contributed by atoms with Gasteiger partial charge in [0.25, 0.3) is 5.91 Å². The number of nitriles is 1. The first kappa shape index (κ1) is 25.3. The van der Waals surface area contributed by atoms with Crippen LogP contribution in [-0.4, -0.2) is 28.8 Å². The number of ketones is 1. The van der Waals surface area contributed by atoms with E-state index in [0.29, 0.717) is 5.56 Å². The minimum absolute atomic E-state index is 0.149. The molecule has 9 heteroatoms. The number of esters is 1. The van der Waals surface area contributed by atoms with Crippen LogP contribution >= 0.6 is 0 Å². The first-order valence-electron chi connectivity index (χ1n) is 10.8. The number of anilines is 1. The summed E-state index contributed by atoms with van der Waals surface area (Å²) in [7, 11) is 0. The van der Waals surface area contributed by atoms with Gasteiger partial charge in [0.2, 0.25) is 0 Å². The molecule has 0 atom stereocenters. The Labute approximate surface area is 200 Å². The lowest BCUT2D eigenvalue weighted by molar-refractivity contribution is -0.147. The first-order chi connectivity index (χ1) is 16.7. The van der Waals surface area contributed by atoms with Crippen LogP contribution in [0.2, 0.25) is 0 Å². The number of nitrogens with one attached hydrogen (secondary N) is 1. The largest absolute Gasteiger partial charge is 0.456 e. The molecule has 0 saturated carbocycles. The third-order valence-corrected chi connectivity index (χ3v) is 5.54. The number of hydrogen-bond donors (Lipinski definition) is 1. The molecule has 180 valence electrons. The standard InChI is InChI=1S/C26H23F2N3O4/c1-16-17(2)31(14-18-3-7-20(27)8-4-18)26(22(16)13-29)30-24(33)15-35-25(34)12-11-23(32)19-5-9-21(28)10-6-19/h3-10H,11-12,14-15H2,1-2H3,(H,30,33). The monoisotopic (exact) mass is 479 g/mol. The summed E-state index contributed by atoms with van der Waals surface area (Å²) in [6.45, 7) is 3.24. The predicted molar refractivity (Wildman–Crippen MR) is 124 cm³/mol. The maximum atomic E-state index is 13.2. The molecule has 1 heterocycles. The molecule has 1 N–H and O–H groups in total. The Hall–Kier alpha value is -4.32. The number of carbonyl (C=O) groups excluding carboxylic acids is 3. The number of amides is 1. The fraction of sp³-hybridized carbons (Fsp3) is 0.231. The molecule has 0 saturated heterocycles. The van der Waals surface area contributed by atoms with E-state index >= 15 is 0 Å². The fourth-order valence-corrected chi connectivity index (χ4v) is 3.48. The number of hydrogen-bond acceptors (Lipinski definition) is 5. The van der Waals surface area contributed by atoms with Crippen LogP contribution in [0.15, 0.2) is 48.5 Å². The van der Waals surface area contributed by atoms with Crippen LogP contribution in [0.25, 0.3) is 0 Å². The van der Waals surface area contributed by atoms with Crippen molar-refractivity contribution in [1.29, 1.82) is 5.26 Å². The summed E-state index contributed by atoms with van der Waals surface area (Å²) in [5, 5.41) is 12.2. The van der Waals surface area contributed by atoms with Crippen molar-refractivity contribution in [2.24, 2.45) is 0 Å².